The molecule has 0 aliphatic carbocycles. The first-order chi connectivity index (χ1) is 13.7. The first-order valence-electron chi connectivity index (χ1n) is 9.10. The molecular weight excluding hydrogens is 350 g/mol. The molecule has 0 N–H and O–H groups in total. The standard InChI is InChI=1S/C24H19NO3/c26-23-15-21(24(27)28-17-19-11-5-2-6-12-19)20-13-7-8-14-22(20)25(23)16-18-9-3-1-4-10-18/h1-15H,16-17H2. The lowest BCUT2D eigenvalue weighted by Crippen LogP contribution is -2.23. The second kappa shape index (κ2) is 7.92. The van der Waals surface area contributed by atoms with Crippen LogP contribution in [0.5, 0.6) is 0 Å². The van der Waals surface area contributed by atoms with Crippen LogP contribution < -0.4 is 5.56 Å². The number of pyridine rings is 1. The van der Waals surface area contributed by atoms with Gasteiger partial charge in [0, 0.05) is 11.5 Å². The van der Waals surface area contributed by atoms with E-state index in [1.807, 2.05) is 84.9 Å². The molecule has 0 bridgehead atoms. The van der Waals surface area contributed by atoms with E-state index in [1.165, 1.54) is 6.07 Å². The first kappa shape index (κ1) is 17.7. The van der Waals surface area contributed by atoms with Gasteiger partial charge in [-0.3, -0.25) is 4.79 Å². The lowest BCUT2D eigenvalue weighted by atomic mass is 10.1. The highest BCUT2D eigenvalue weighted by atomic mass is 16.5. The van der Waals surface area contributed by atoms with E-state index in [0.717, 1.165) is 11.1 Å². The fraction of sp³-hybridized carbons (Fsp3) is 0.0833. The SMILES string of the molecule is O=C(OCc1ccccc1)c1cc(=O)n(Cc2ccccc2)c2ccccc12. The normalized spacial score (nSPS) is 10.7. The summed E-state index contributed by atoms with van der Waals surface area (Å²) in [5, 5.41) is 0.705. The molecule has 4 aromatic rings. The molecule has 4 rings (SSSR count). The first-order valence-corrected chi connectivity index (χ1v) is 9.10. The molecule has 0 saturated heterocycles. The maximum absolute atomic E-state index is 12.8. The summed E-state index contributed by atoms with van der Waals surface area (Å²) in [7, 11) is 0. The summed E-state index contributed by atoms with van der Waals surface area (Å²) in [6, 6.07) is 28.0. The van der Waals surface area contributed by atoms with Gasteiger partial charge in [0.25, 0.3) is 5.56 Å². The van der Waals surface area contributed by atoms with E-state index < -0.39 is 5.97 Å². The van der Waals surface area contributed by atoms with Crippen LogP contribution in [0.15, 0.2) is 95.8 Å². The smallest absolute Gasteiger partial charge is 0.339 e. The lowest BCUT2D eigenvalue weighted by Gasteiger charge is -2.13. The molecule has 0 saturated carbocycles. The average Bonchev–Trinajstić information content (AvgIpc) is 2.75. The molecule has 0 amide bonds. The Balaban J connectivity index is 1.69. The van der Waals surface area contributed by atoms with Crippen molar-refractivity contribution in [2.45, 2.75) is 13.2 Å². The number of esters is 1. The molecule has 3 aromatic carbocycles. The van der Waals surface area contributed by atoms with Crippen molar-refractivity contribution >= 4 is 16.9 Å². The number of carbonyl (C=O) groups is 1. The number of aromatic nitrogens is 1. The molecule has 0 radical (unpaired) electrons. The number of hydrogen-bond acceptors (Lipinski definition) is 3. The molecule has 0 fully saturated rings. The van der Waals surface area contributed by atoms with Crippen LogP contribution in [0.25, 0.3) is 10.9 Å². The van der Waals surface area contributed by atoms with Crippen LogP contribution in [0.3, 0.4) is 0 Å². The number of ether oxygens (including phenoxy) is 1. The second-order valence-corrected chi connectivity index (χ2v) is 6.55. The molecule has 0 aliphatic heterocycles. The number of hydrogen-bond donors (Lipinski definition) is 0. The maximum Gasteiger partial charge on any atom is 0.339 e. The van der Waals surface area contributed by atoms with Crippen LogP contribution in [-0.2, 0) is 17.9 Å². The number of carbonyl (C=O) groups excluding carboxylic acids is 1. The number of para-hydroxylation sites is 1. The zero-order chi connectivity index (χ0) is 19.3. The summed E-state index contributed by atoms with van der Waals surface area (Å²) < 4.78 is 7.13. The van der Waals surface area contributed by atoms with Crippen LogP contribution in [-0.4, -0.2) is 10.5 Å². The fourth-order valence-electron chi connectivity index (χ4n) is 3.23. The Morgan fingerprint density at radius 2 is 1.39 bits per heavy atom. The van der Waals surface area contributed by atoms with Crippen molar-refractivity contribution in [3.63, 3.8) is 0 Å². The largest absolute Gasteiger partial charge is 0.457 e. The minimum Gasteiger partial charge on any atom is -0.457 e. The van der Waals surface area contributed by atoms with Crippen LogP contribution in [0, 0.1) is 0 Å². The van der Waals surface area contributed by atoms with Crippen LogP contribution >= 0.6 is 0 Å². The summed E-state index contributed by atoms with van der Waals surface area (Å²) >= 11 is 0. The Labute approximate surface area is 162 Å². The third-order valence-corrected chi connectivity index (χ3v) is 4.64. The zero-order valence-corrected chi connectivity index (χ0v) is 15.2. The number of fused-ring (bicyclic) bond motifs is 1. The summed E-state index contributed by atoms with van der Waals surface area (Å²) in [5.74, 6) is -0.496. The van der Waals surface area contributed by atoms with Gasteiger partial charge >= 0.3 is 5.97 Å². The van der Waals surface area contributed by atoms with Gasteiger partial charge in [0.15, 0.2) is 0 Å². The van der Waals surface area contributed by atoms with Crippen molar-refractivity contribution in [1.29, 1.82) is 0 Å². The Kier molecular flexibility index (Phi) is 5.02. The van der Waals surface area contributed by atoms with E-state index in [-0.39, 0.29) is 12.2 Å². The van der Waals surface area contributed by atoms with E-state index >= 15 is 0 Å². The molecule has 0 spiro atoms. The van der Waals surface area contributed by atoms with Crippen molar-refractivity contribution in [1.82, 2.24) is 4.57 Å². The van der Waals surface area contributed by atoms with E-state index in [0.29, 0.717) is 23.0 Å². The van der Waals surface area contributed by atoms with E-state index in [2.05, 4.69) is 0 Å². The quantitative estimate of drug-likeness (QED) is 0.490. The maximum atomic E-state index is 12.8. The molecule has 138 valence electrons. The van der Waals surface area contributed by atoms with Crippen molar-refractivity contribution in [3.05, 3.63) is 118 Å². The molecule has 4 heteroatoms. The number of benzene rings is 3. The molecule has 4 nitrogen and oxygen atoms in total. The summed E-state index contributed by atoms with van der Waals surface area (Å²) in [6.45, 7) is 0.612. The molecule has 28 heavy (non-hydrogen) atoms. The molecular formula is C24H19NO3. The number of nitrogens with zero attached hydrogens (tertiary/aromatic N) is 1. The monoisotopic (exact) mass is 369 g/mol. The van der Waals surface area contributed by atoms with Crippen molar-refractivity contribution in [3.8, 4) is 0 Å². The Morgan fingerprint density at radius 1 is 0.786 bits per heavy atom. The zero-order valence-electron chi connectivity index (χ0n) is 15.2. The molecule has 0 aliphatic rings. The summed E-state index contributed by atoms with van der Waals surface area (Å²) in [6.07, 6.45) is 0. The highest BCUT2D eigenvalue weighted by Crippen LogP contribution is 2.19. The van der Waals surface area contributed by atoms with Gasteiger partial charge in [0.1, 0.15) is 6.61 Å². The topological polar surface area (TPSA) is 48.3 Å². The van der Waals surface area contributed by atoms with Gasteiger partial charge in [-0.2, -0.15) is 0 Å². The highest BCUT2D eigenvalue weighted by Gasteiger charge is 2.16. The van der Waals surface area contributed by atoms with Crippen LogP contribution in [0.1, 0.15) is 21.5 Å². The molecule has 0 unspecified atom stereocenters. The molecule has 1 aromatic heterocycles. The van der Waals surface area contributed by atoms with Gasteiger partial charge < -0.3 is 9.30 Å². The Hall–Kier alpha value is -3.66. The summed E-state index contributed by atoms with van der Waals surface area (Å²) in [4.78, 5) is 25.5. The molecule has 1 heterocycles. The summed E-state index contributed by atoms with van der Waals surface area (Å²) in [5.41, 5.74) is 2.70. The molecule has 0 atom stereocenters. The third kappa shape index (κ3) is 3.71. The predicted molar refractivity (Wildman–Crippen MR) is 109 cm³/mol. The van der Waals surface area contributed by atoms with E-state index in [1.54, 1.807) is 4.57 Å². The van der Waals surface area contributed by atoms with Gasteiger partial charge in [-0.25, -0.2) is 4.79 Å². The van der Waals surface area contributed by atoms with Crippen molar-refractivity contribution in [2.75, 3.05) is 0 Å². The van der Waals surface area contributed by atoms with Gasteiger partial charge in [0.05, 0.1) is 17.6 Å². The van der Waals surface area contributed by atoms with Crippen LogP contribution in [0.2, 0.25) is 0 Å². The van der Waals surface area contributed by atoms with E-state index in [9.17, 15) is 9.59 Å². The Morgan fingerprint density at radius 3 is 2.11 bits per heavy atom. The Bertz CT molecular complexity index is 1160. The minimum atomic E-state index is -0.496. The van der Waals surface area contributed by atoms with Gasteiger partial charge in [-0.1, -0.05) is 78.9 Å². The van der Waals surface area contributed by atoms with Crippen molar-refractivity contribution in [2.24, 2.45) is 0 Å². The average molecular weight is 369 g/mol. The van der Waals surface area contributed by atoms with Gasteiger partial charge in [-0.05, 0) is 17.2 Å². The van der Waals surface area contributed by atoms with Gasteiger partial charge in [-0.15, -0.1) is 0 Å². The minimum absolute atomic E-state index is 0.168. The third-order valence-electron chi connectivity index (χ3n) is 4.64. The lowest BCUT2D eigenvalue weighted by molar-refractivity contribution is 0.0475. The van der Waals surface area contributed by atoms with Crippen LogP contribution in [0.4, 0.5) is 0 Å². The fourth-order valence-corrected chi connectivity index (χ4v) is 3.23. The second-order valence-electron chi connectivity index (χ2n) is 6.55. The van der Waals surface area contributed by atoms with Gasteiger partial charge in [0.2, 0.25) is 0 Å². The van der Waals surface area contributed by atoms with E-state index in [4.69, 9.17) is 4.74 Å². The predicted octanol–water partition coefficient (Wildman–Crippen LogP) is 4.41. The van der Waals surface area contributed by atoms with Crippen molar-refractivity contribution < 1.29 is 9.53 Å². The highest BCUT2D eigenvalue weighted by molar-refractivity contribution is 6.03. The number of rotatable bonds is 5.